The van der Waals surface area contributed by atoms with Crippen LogP contribution in [0.5, 0.6) is 17.2 Å². The van der Waals surface area contributed by atoms with E-state index in [4.69, 9.17) is 9.47 Å². The number of anilines is 1. The van der Waals surface area contributed by atoms with Crippen molar-refractivity contribution >= 4 is 27.9 Å². The van der Waals surface area contributed by atoms with Gasteiger partial charge in [0.05, 0.1) is 18.3 Å². The smallest absolute Gasteiger partial charge is 0.150 e. The molecule has 0 amide bonds. The predicted molar refractivity (Wildman–Crippen MR) is 87.3 cm³/mol. The first kappa shape index (κ1) is 16.2. The Kier molecular flexibility index (Phi) is 4.59. The third kappa shape index (κ3) is 3.44. The number of pyridine rings is 1. The van der Waals surface area contributed by atoms with E-state index in [0.717, 1.165) is 11.5 Å². The van der Waals surface area contributed by atoms with Crippen LogP contribution in [-0.2, 0) is 11.3 Å². The largest absolute Gasteiger partial charge is 0.755 e. The van der Waals surface area contributed by atoms with Gasteiger partial charge in [0.25, 0.3) is 0 Å². The molecule has 0 aliphatic heterocycles. The molecule has 0 saturated heterocycles. The van der Waals surface area contributed by atoms with Gasteiger partial charge in [0.2, 0.25) is 0 Å². The van der Waals surface area contributed by atoms with Crippen molar-refractivity contribution in [3.63, 3.8) is 0 Å². The first-order chi connectivity index (χ1) is 11.6. The molecule has 3 rings (SSSR count). The number of benzene rings is 2. The van der Waals surface area contributed by atoms with Gasteiger partial charge in [-0.05, 0) is 30.3 Å². The number of ether oxygens (including phenoxy) is 2. The maximum Gasteiger partial charge on any atom is 0.150 e. The second-order valence-corrected chi connectivity index (χ2v) is 5.45. The highest BCUT2D eigenvalue weighted by Crippen LogP contribution is 2.32. The number of halogens is 1. The summed E-state index contributed by atoms with van der Waals surface area (Å²) in [7, 11) is 1.56. The zero-order valence-electron chi connectivity index (χ0n) is 12.5. The van der Waals surface area contributed by atoms with Crippen molar-refractivity contribution in [2.75, 3.05) is 11.8 Å². The number of hydrogen-bond donors (Lipinski definition) is 1. The molecule has 1 aromatic heterocycles. The summed E-state index contributed by atoms with van der Waals surface area (Å²) in [6.45, 7) is 0. The average Bonchev–Trinajstić information content (AvgIpc) is 2.57. The van der Waals surface area contributed by atoms with Crippen molar-refractivity contribution < 1.29 is 22.6 Å². The summed E-state index contributed by atoms with van der Waals surface area (Å²) in [6, 6.07) is 10.8. The SMILES string of the molecule is COc1ccc2c(Oc3ccc(NS(=O)[O-])c(F)c3)ccnc2c1. The van der Waals surface area contributed by atoms with Gasteiger partial charge in [0.1, 0.15) is 17.2 Å². The second-order valence-electron chi connectivity index (χ2n) is 4.77. The monoisotopic (exact) mass is 347 g/mol. The van der Waals surface area contributed by atoms with Crippen LogP contribution in [0.2, 0.25) is 0 Å². The van der Waals surface area contributed by atoms with Gasteiger partial charge in [0.15, 0.2) is 5.82 Å². The molecule has 0 aliphatic rings. The van der Waals surface area contributed by atoms with E-state index in [-0.39, 0.29) is 11.4 Å². The molecule has 0 saturated carbocycles. The summed E-state index contributed by atoms with van der Waals surface area (Å²) < 4.78 is 47.8. The normalized spacial score (nSPS) is 12.0. The first-order valence-corrected chi connectivity index (χ1v) is 7.90. The minimum absolute atomic E-state index is 0.153. The Morgan fingerprint density at radius 3 is 2.67 bits per heavy atom. The third-order valence-electron chi connectivity index (χ3n) is 3.27. The summed E-state index contributed by atoms with van der Waals surface area (Å²) in [5.41, 5.74) is 0.521. The van der Waals surface area contributed by atoms with Crippen LogP contribution < -0.4 is 14.2 Å². The molecule has 1 heterocycles. The summed E-state index contributed by atoms with van der Waals surface area (Å²) in [6.07, 6.45) is 1.57. The molecule has 0 aliphatic carbocycles. The van der Waals surface area contributed by atoms with E-state index in [2.05, 4.69) is 4.98 Å². The molecule has 124 valence electrons. The Bertz CT molecular complexity index is 920. The summed E-state index contributed by atoms with van der Waals surface area (Å²) in [5.74, 6) is 0.657. The van der Waals surface area contributed by atoms with Crippen molar-refractivity contribution in [2.24, 2.45) is 0 Å². The van der Waals surface area contributed by atoms with Gasteiger partial charge in [0, 0.05) is 35.0 Å². The van der Waals surface area contributed by atoms with Gasteiger partial charge in [-0.2, -0.15) is 0 Å². The van der Waals surface area contributed by atoms with E-state index < -0.39 is 17.1 Å². The van der Waals surface area contributed by atoms with Crippen LogP contribution in [0, 0.1) is 5.82 Å². The molecule has 0 fully saturated rings. The van der Waals surface area contributed by atoms with Crippen LogP contribution >= 0.6 is 0 Å². The highest BCUT2D eigenvalue weighted by Gasteiger charge is 2.08. The molecule has 6 nitrogen and oxygen atoms in total. The van der Waals surface area contributed by atoms with E-state index in [9.17, 15) is 13.2 Å². The quantitative estimate of drug-likeness (QED) is 0.715. The third-order valence-corrected chi connectivity index (χ3v) is 3.66. The molecule has 3 aromatic rings. The van der Waals surface area contributed by atoms with E-state index in [1.54, 1.807) is 37.6 Å². The van der Waals surface area contributed by atoms with E-state index in [0.29, 0.717) is 17.0 Å². The van der Waals surface area contributed by atoms with Gasteiger partial charge < -0.3 is 18.7 Å². The van der Waals surface area contributed by atoms with Gasteiger partial charge in [-0.1, -0.05) is 0 Å². The summed E-state index contributed by atoms with van der Waals surface area (Å²) in [5, 5.41) is 0.738. The van der Waals surface area contributed by atoms with Crippen molar-refractivity contribution in [2.45, 2.75) is 0 Å². The van der Waals surface area contributed by atoms with E-state index in [1.165, 1.54) is 12.1 Å². The number of nitrogens with zero attached hydrogens (tertiary/aromatic N) is 1. The standard InChI is InChI=1S/C16H13FN2O4S/c1-22-10-2-4-12-15(9-10)18-7-6-16(12)23-11-3-5-14(13(17)8-11)19-24(20)21/h2-9,19H,1H3,(H,20,21)/p-1. The van der Waals surface area contributed by atoms with E-state index in [1.807, 2.05) is 4.72 Å². The molecule has 2 aromatic carbocycles. The highest BCUT2D eigenvalue weighted by molar-refractivity contribution is 7.80. The van der Waals surface area contributed by atoms with Gasteiger partial charge in [-0.15, -0.1) is 0 Å². The molecule has 8 heteroatoms. The van der Waals surface area contributed by atoms with Crippen molar-refractivity contribution in [1.29, 1.82) is 0 Å². The minimum Gasteiger partial charge on any atom is -0.755 e. The molecule has 0 bridgehead atoms. The number of methoxy groups -OCH3 is 1. The lowest BCUT2D eigenvalue weighted by molar-refractivity contribution is 0.415. The maximum atomic E-state index is 13.9. The lowest BCUT2D eigenvalue weighted by atomic mass is 10.2. The fourth-order valence-electron chi connectivity index (χ4n) is 2.18. The van der Waals surface area contributed by atoms with Crippen molar-refractivity contribution in [3.05, 3.63) is 54.5 Å². The van der Waals surface area contributed by atoms with Crippen molar-refractivity contribution in [1.82, 2.24) is 4.98 Å². The zero-order chi connectivity index (χ0) is 17.1. The first-order valence-electron chi connectivity index (χ1n) is 6.83. The predicted octanol–water partition coefficient (Wildman–Crippen LogP) is 3.38. The lowest BCUT2D eigenvalue weighted by Crippen LogP contribution is -2.04. The van der Waals surface area contributed by atoms with Crippen molar-refractivity contribution in [3.8, 4) is 17.2 Å². The average molecular weight is 347 g/mol. The molecule has 1 unspecified atom stereocenters. The molecule has 0 spiro atoms. The van der Waals surface area contributed by atoms with Gasteiger partial charge in [-0.25, -0.2) is 4.39 Å². The molecule has 0 radical (unpaired) electrons. The molecular weight excluding hydrogens is 335 g/mol. The maximum absolute atomic E-state index is 13.9. The molecule has 1 N–H and O–H groups in total. The fourth-order valence-corrected chi connectivity index (χ4v) is 2.52. The number of nitrogens with one attached hydrogen (secondary N) is 1. The number of hydrogen-bond acceptors (Lipinski definition) is 5. The minimum atomic E-state index is -2.59. The second kappa shape index (κ2) is 6.81. The highest BCUT2D eigenvalue weighted by atomic mass is 32.2. The Labute approximate surface area is 139 Å². The fraction of sp³-hybridized carbons (Fsp3) is 0.0625. The van der Waals surface area contributed by atoms with Crippen LogP contribution in [0.15, 0.2) is 48.7 Å². The Hall–Kier alpha value is -2.71. The number of aromatic nitrogens is 1. The number of fused-ring (bicyclic) bond motifs is 1. The Morgan fingerprint density at radius 2 is 1.96 bits per heavy atom. The summed E-state index contributed by atoms with van der Waals surface area (Å²) in [4.78, 5) is 4.24. The van der Waals surface area contributed by atoms with Gasteiger partial charge >= 0.3 is 0 Å². The van der Waals surface area contributed by atoms with Crippen LogP contribution in [0.3, 0.4) is 0 Å². The summed E-state index contributed by atoms with van der Waals surface area (Å²) >= 11 is -2.59. The van der Waals surface area contributed by atoms with Crippen LogP contribution in [-0.4, -0.2) is 20.9 Å². The molecule has 24 heavy (non-hydrogen) atoms. The topological polar surface area (TPSA) is 83.5 Å². The van der Waals surface area contributed by atoms with Crippen LogP contribution in [0.1, 0.15) is 0 Å². The van der Waals surface area contributed by atoms with Crippen LogP contribution in [0.4, 0.5) is 10.1 Å². The van der Waals surface area contributed by atoms with Gasteiger partial charge in [-0.3, -0.25) is 9.19 Å². The lowest BCUT2D eigenvalue weighted by Gasteiger charge is -2.12. The molecule has 1 atom stereocenters. The zero-order valence-corrected chi connectivity index (χ0v) is 13.3. The number of rotatable bonds is 5. The van der Waals surface area contributed by atoms with Crippen LogP contribution in [0.25, 0.3) is 10.9 Å². The Balaban J connectivity index is 1.92. The molecular formula is C16H12FN2O4S-. The Morgan fingerprint density at radius 1 is 1.17 bits per heavy atom. The van der Waals surface area contributed by atoms with E-state index >= 15 is 0 Å².